The molecule has 0 aliphatic carbocycles. The quantitative estimate of drug-likeness (QED) is 0.565. The van der Waals surface area contributed by atoms with Crippen molar-refractivity contribution in [2.75, 3.05) is 6.54 Å². The van der Waals surface area contributed by atoms with Crippen LogP contribution < -0.4 is 0 Å². The minimum atomic E-state index is -2.22. The van der Waals surface area contributed by atoms with Crippen molar-refractivity contribution in [3.63, 3.8) is 0 Å². The van der Waals surface area contributed by atoms with Crippen LogP contribution in [0.1, 0.15) is 12.8 Å². The average molecular weight is 184 g/mol. The average Bonchev–Trinajstić information content (AvgIpc) is 2.17. The number of hydrogen-bond acceptors (Lipinski definition) is 1. The van der Waals surface area contributed by atoms with E-state index in [-0.39, 0.29) is 0 Å². The molecule has 0 saturated carbocycles. The van der Waals surface area contributed by atoms with Crippen molar-refractivity contribution in [2.45, 2.75) is 25.5 Å². The highest BCUT2D eigenvalue weighted by Crippen LogP contribution is 2.33. The molecule has 2 rings (SSSR count). The fourth-order valence-corrected chi connectivity index (χ4v) is 2.38. The SMILES string of the molecule is FC(F)[B-]12C=CC=CN1CCCC2. The van der Waals surface area contributed by atoms with Gasteiger partial charge in [0.05, 0.1) is 0 Å². The zero-order chi connectivity index (χ0) is 9.31. The number of nitrogens with zero attached hydrogens (tertiary/aromatic N) is 1. The Morgan fingerprint density at radius 3 is 2.77 bits per heavy atom. The topological polar surface area (TPSA) is 3.24 Å². The zero-order valence-electron chi connectivity index (χ0n) is 7.50. The summed E-state index contributed by atoms with van der Waals surface area (Å²) in [5.41, 5.74) is 0. The standard InChI is InChI=1S/C9H13BF2N/c11-9(12)10-5-1-3-7-13(10)8-4-2-6-10/h1,3,5,7,9H,2,4,6,8H2/q-1. The van der Waals surface area contributed by atoms with E-state index in [0.29, 0.717) is 6.32 Å². The van der Waals surface area contributed by atoms with Crippen LogP contribution in [0.5, 0.6) is 0 Å². The summed E-state index contributed by atoms with van der Waals surface area (Å²) in [4.78, 5) is 1.84. The number of fused-ring (bicyclic) bond motifs is 1. The van der Waals surface area contributed by atoms with Crippen LogP contribution >= 0.6 is 0 Å². The first-order valence-corrected chi connectivity index (χ1v) is 4.84. The van der Waals surface area contributed by atoms with Crippen LogP contribution in [0.15, 0.2) is 24.3 Å². The first-order valence-electron chi connectivity index (χ1n) is 4.84. The third-order valence-corrected chi connectivity index (χ3v) is 3.22. The van der Waals surface area contributed by atoms with Crippen molar-refractivity contribution in [3.05, 3.63) is 24.3 Å². The van der Waals surface area contributed by atoms with Gasteiger partial charge in [0, 0.05) is 0 Å². The van der Waals surface area contributed by atoms with Crippen LogP contribution in [0.3, 0.4) is 0 Å². The van der Waals surface area contributed by atoms with Crippen LogP contribution in [0.2, 0.25) is 6.32 Å². The number of hydrogen-bond donors (Lipinski definition) is 0. The van der Waals surface area contributed by atoms with Crippen LogP contribution in [-0.4, -0.2) is 24.0 Å². The Bertz CT molecular complexity index is 252. The molecule has 72 valence electrons. The van der Waals surface area contributed by atoms with Gasteiger partial charge in [0.25, 0.3) is 0 Å². The molecule has 0 spiro atoms. The Balaban J connectivity index is 2.29. The molecule has 0 aromatic rings. The molecule has 0 aromatic carbocycles. The maximum Gasteiger partial charge on any atom is 0.180 e. The Hall–Kier alpha value is -0.795. The van der Waals surface area contributed by atoms with Crippen LogP contribution in [0.4, 0.5) is 8.78 Å². The summed E-state index contributed by atoms with van der Waals surface area (Å²) in [7, 11) is 0. The lowest BCUT2D eigenvalue weighted by Gasteiger charge is -2.52. The van der Waals surface area contributed by atoms with Crippen molar-refractivity contribution >= 4 is 6.28 Å². The predicted molar refractivity (Wildman–Crippen MR) is 50.8 cm³/mol. The van der Waals surface area contributed by atoms with E-state index < -0.39 is 12.6 Å². The Kier molecular flexibility index (Phi) is 2.14. The molecular weight excluding hydrogens is 171 g/mol. The minimum absolute atomic E-state index is 0.637. The van der Waals surface area contributed by atoms with Crippen molar-refractivity contribution < 1.29 is 8.78 Å². The molecule has 1 fully saturated rings. The first-order chi connectivity index (χ1) is 6.26. The maximum absolute atomic E-state index is 12.9. The van der Waals surface area contributed by atoms with Gasteiger partial charge in [-0.15, -0.1) is 6.08 Å². The van der Waals surface area contributed by atoms with E-state index in [2.05, 4.69) is 0 Å². The normalized spacial score (nSPS) is 32.4. The monoisotopic (exact) mass is 184 g/mol. The number of rotatable bonds is 1. The summed E-state index contributed by atoms with van der Waals surface area (Å²) in [6.07, 6.45) is 4.10. The van der Waals surface area contributed by atoms with Gasteiger partial charge in [0.2, 0.25) is 0 Å². The van der Waals surface area contributed by atoms with E-state index in [1.807, 2.05) is 17.1 Å². The van der Waals surface area contributed by atoms with Crippen LogP contribution in [0, 0.1) is 0 Å². The van der Waals surface area contributed by atoms with E-state index in [9.17, 15) is 8.78 Å². The summed E-state index contributed by atoms with van der Waals surface area (Å²) in [5.74, 6) is 1.71. The van der Waals surface area contributed by atoms with Gasteiger partial charge in [-0.1, -0.05) is 12.5 Å². The van der Waals surface area contributed by atoms with Gasteiger partial charge in [-0.25, -0.2) is 5.98 Å². The summed E-state index contributed by atoms with van der Waals surface area (Å²) in [5, 5.41) is 0. The number of halogens is 2. The van der Waals surface area contributed by atoms with Gasteiger partial charge in [-0.3, -0.25) is 8.78 Å². The molecule has 1 saturated heterocycles. The van der Waals surface area contributed by atoms with Crippen LogP contribution in [-0.2, 0) is 0 Å². The van der Waals surface area contributed by atoms with Crippen LogP contribution in [0.25, 0.3) is 0 Å². The molecule has 1 nitrogen and oxygen atoms in total. The fraction of sp³-hybridized carbons (Fsp3) is 0.556. The molecule has 1 unspecified atom stereocenters. The number of alkyl halides is 2. The third kappa shape index (κ3) is 1.28. The first kappa shape index (κ1) is 8.79. The van der Waals surface area contributed by atoms with E-state index in [1.54, 1.807) is 12.1 Å². The molecule has 1 atom stereocenters. The molecular formula is C9H13BF2N-. The molecule has 13 heavy (non-hydrogen) atoms. The van der Waals surface area contributed by atoms with E-state index in [4.69, 9.17) is 0 Å². The Labute approximate surface area is 77.0 Å². The second-order valence-corrected chi connectivity index (χ2v) is 3.94. The smallest absolute Gasteiger partial charge is 0.180 e. The highest BCUT2D eigenvalue weighted by molar-refractivity contribution is 6.83. The van der Waals surface area contributed by atoms with Crippen molar-refractivity contribution in [1.82, 2.24) is 4.81 Å². The fourth-order valence-electron chi connectivity index (χ4n) is 2.38. The molecule has 2 aliphatic rings. The van der Waals surface area contributed by atoms with Crippen molar-refractivity contribution in [3.8, 4) is 0 Å². The molecule has 0 radical (unpaired) electrons. The minimum Gasteiger partial charge on any atom is -0.543 e. The largest absolute Gasteiger partial charge is 0.543 e. The van der Waals surface area contributed by atoms with Gasteiger partial charge in [-0.05, 0) is 19.2 Å². The van der Waals surface area contributed by atoms with Gasteiger partial charge < -0.3 is 4.81 Å². The van der Waals surface area contributed by atoms with Gasteiger partial charge >= 0.3 is 0 Å². The highest BCUT2D eigenvalue weighted by Gasteiger charge is 2.38. The van der Waals surface area contributed by atoms with Gasteiger partial charge in [0.15, 0.2) is 6.28 Å². The van der Waals surface area contributed by atoms with Gasteiger partial charge in [-0.2, -0.15) is 6.32 Å². The van der Waals surface area contributed by atoms with Gasteiger partial charge in [0.1, 0.15) is 6.32 Å². The zero-order valence-corrected chi connectivity index (χ0v) is 7.50. The summed E-state index contributed by atoms with van der Waals surface area (Å²) in [6, 6.07) is 0. The second kappa shape index (κ2) is 3.16. The lowest BCUT2D eigenvalue weighted by molar-refractivity contribution is 0.208. The summed E-state index contributed by atoms with van der Waals surface area (Å²) >= 11 is 0. The molecule has 0 aromatic heterocycles. The molecule has 2 heterocycles. The second-order valence-electron chi connectivity index (χ2n) is 3.94. The van der Waals surface area contributed by atoms with E-state index >= 15 is 0 Å². The Morgan fingerprint density at radius 1 is 1.23 bits per heavy atom. The molecule has 0 amide bonds. The lowest BCUT2D eigenvalue weighted by Crippen LogP contribution is -2.58. The Morgan fingerprint density at radius 2 is 2.08 bits per heavy atom. The molecule has 0 bridgehead atoms. The molecule has 4 heteroatoms. The number of allylic oxidation sites excluding steroid dienone is 2. The van der Waals surface area contributed by atoms with E-state index in [1.165, 1.54) is 0 Å². The van der Waals surface area contributed by atoms with E-state index in [0.717, 1.165) is 19.4 Å². The highest BCUT2D eigenvalue weighted by atomic mass is 19.3. The molecule has 2 aliphatic heterocycles. The maximum atomic E-state index is 12.9. The summed E-state index contributed by atoms with van der Waals surface area (Å²) < 4.78 is 25.9. The third-order valence-electron chi connectivity index (χ3n) is 3.22. The summed E-state index contributed by atoms with van der Waals surface area (Å²) in [6.45, 7) is 0.783. The van der Waals surface area contributed by atoms with Crippen molar-refractivity contribution in [2.24, 2.45) is 0 Å². The predicted octanol–water partition coefficient (Wildman–Crippen LogP) is 2.45. The molecule has 0 N–H and O–H groups in total. The lowest BCUT2D eigenvalue weighted by atomic mass is 9.30. The van der Waals surface area contributed by atoms with Crippen molar-refractivity contribution in [1.29, 1.82) is 0 Å².